The van der Waals surface area contributed by atoms with Gasteiger partial charge in [0.05, 0.1) is 24.5 Å². The predicted octanol–water partition coefficient (Wildman–Crippen LogP) is 3.00. The first-order valence-corrected chi connectivity index (χ1v) is 9.68. The third kappa shape index (κ3) is 4.05. The number of aromatic nitrogens is 1. The minimum Gasteiger partial charge on any atom is -0.471 e. The SMILES string of the molecule is O=C(c1cnc(OC2CCOC2)c(Cl)c1)N1CCN(c2ccccc2F)CC1. The number of pyridine rings is 1. The van der Waals surface area contributed by atoms with Crippen LogP contribution in [0.25, 0.3) is 0 Å². The summed E-state index contributed by atoms with van der Waals surface area (Å²) in [6.07, 6.45) is 2.23. The molecule has 1 atom stereocenters. The topological polar surface area (TPSA) is 54.9 Å². The van der Waals surface area contributed by atoms with Gasteiger partial charge in [0.1, 0.15) is 16.9 Å². The number of hydrogen-bond donors (Lipinski definition) is 0. The second kappa shape index (κ2) is 8.32. The van der Waals surface area contributed by atoms with Crippen molar-refractivity contribution in [3.05, 3.63) is 52.9 Å². The molecule has 2 saturated heterocycles. The van der Waals surface area contributed by atoms with Crippen LogP contribution in [-0.2, 0) is 4.74 Å². The number of carbonyl (C=O) groups is 1. The Kier molecular flexibility index (Phi) is 5.64. The second-order valence-electron chi connectivity index (χ2n) is 6.85. The molecular weight excluding hydrogens is 385 g/mol. The molecule has 2 aromatic rings. The van der Waals surface area contributed by atoms with Gasteiger partial charge < -0.3 is 19.3 Å². The van der Waals surface area contributed by atoms with E-state index in [1.807, 2.05) is 11.0 Å². The molecule has 2 aliphatic rings. The van der Waals surface area contributed by atoms with E-state index in [1.165, 1.54) is 12.3 Å². The van der Waals surface area contributed by atoms with Gasteiger partial charge in [-0.1, -0.05) is 23.7 Å². The summed E-state index contributed by atoms with van der Waals surface area (Å²) in [4.78, 5) is 20.7. The minimum absolute atomic E-state index is 0.0574. The van der Waals surface area contributed by atoms with Crippen LogP contribution >= 0.6 is 11.6 Å². The van der Waals surface area contributed by atoms with Crippen LogP contribution in [0, 0.1) is 5.82 Å². The third-order valence-electron chi connectivity index (χ3n) is 4.98. The van der Waals surface area contributed by atoms with Gasteiger partial charge in [-0.05, 0) is 18.2 Å². The number of ether oxygens (including phenoxy) is 2. The van der Waals surface area contributed by atoms with E-state index in [2.05, 4.69) is 4.98 Å². The van der Waals surface area contributed by atoms with E-state index in [1.54, 1.807) is 23.1 Å². The average Bonchev–Trinajstić information content (AvgIpc) is 3.23. The summed E-state index contributed by atoms with van der Waals surface area (Å²) in [5, 5.41) is 0.308. The summed E-state index contributed by atoms with van der Waals surface area (Å²) < 4.78 is 25.0. The molecule has 148 valence electrons. The van der Waals surface area contributed by atoms with Crippen molar-refractivity contribution in [1.82, 2.24) is 9.88 Å². The molecule has 1 amide bonds. The first kappa shape index (κ1) is 19.0. The molecule has 2 aliphatic heterocycles. The van der Waals surface area contributed by atoms with Crippen molar-refractivity contribution in [3.8, 4) is 5.88 Å². The lowest BCUT2D eigenvalue weighted by Crippen LogP contribution is -2.49. The number of para-hydroxylation sites is 1. The Morgan fingerprint density at radius 1 is 1.25 bits per heavy atom. The molecule has 28 heavy (non-hydrogen) atoms. The molecule has 2 fully saturated rings. The zero-order valence-electron chi connectivity index (χ0n) is 15.3. The van der Waals surface area contributed by atoms with Crippen LogP contribution in [-0.4, -0.2) is 61.3 Å². The van der Waals surface area contributed by atoms with Crippen LogP contribution < -0.4 is 9.64 Å². The molecular formula is C20H21ClFN3O3. The molecule has 0 radical (unpaired) electrons. The molecule has 6 nitrogen and oxygen atoms in total. The largest absolute Gasteiger partial charge is 0.471 e. The molecule has 4 rings (SSSR count). The third-order valence-corrected chi connectivity index (χ3v) is 5.25. The molecule has 0 bridgehead atoms. The van der Waals surface area contributed by atoms with Gasteiger partial charge in [-0.15, -0.1) is 0 Å². The van der Waals surface area contributed by atoms with Crippen LogP contribution in [0.5, 0.6) is 5.88 Å². The number of rotatable bonds is 4. The van der Waals surface area contributed by atoms with Crippen molar-refractivity contribution in [2.75, 3.05) is 44.3 Å². The Morgan fingerprint density at radius 2 is 2.04 bits per heavy atom. The molecule has 1 aromatic carbocycles. The Hall–Kier alpha value is -2.38. The maximum Gasteiger partial charge on any atom is 0.255 e. The van der Waals surface area contributed by atoms with E-state index < -0.39 is 0 Å². The zero-order chi connectivity index (χ0) is 19.5. The summed E-state index contributed by atoms with van der Waals surface area (Å²) in [6, 6.07) is 8.27. The van der Waals surface area contributed by atoms with Gasteiger partial charge >= 0.3 is 0 Å². The van der Waals surface area contributed by atoms with Crippen molar-refractivity contribution >= 4 is 23.2 Å². The van der Waals surface area contributed by atoms with E-state index in [0.29, 0.717) is 61.5 Å². The van der Waals surface area contributed by atoms with Gasteiger partial charge in [0.25, 0.3) is 5.91 Å². The van der Waals surface area contributed by atoms with Crippen LogP contribution in [0.2, 0.25) is 5.02 Å². The highest BCUT2D eigenvalue weighted by Crippen LogP contribution is 2.26. The Labute approximate surface area is 167 Å². The van der Waals surface area contributed by atoms with Crippen LogP contribution in [0.4, 0.5) is 10.1 Å². The fourth-order valence-electron chi connectivity index (χ4n) is 3.43. The fourth-order valence-corrected chi connectivity index (χ4v) is 3.64. The van der Waals surface area contributed by atoms with Crippen molar-refractivity contribution in [3.63, 3.8) is 0 Å². The first-order valence-electron chi connectivity index (χ1n) is 9.30. The summed E-state index contributed by atoms with van der Waals surface area (Å²) >= 11 is 6.26. The van der Waals surface area contributed by atoms with Gasteiger partial charge in [0, 0.05) is 38.8 Å². The normalized spacial score (nSPS) is 19.7. The smallest absolute Gasteiger partial charge is 0.255 e. The van der Waals surface area contributed by atoms with Crippen molar-refractivity contribution in [1.29, 1.82) is 0 Å². The second-order valence-corrected chi connectivity index (χ2v) is 7.25. The molecule has 0 spiro atoms. The van der Waals surface area contributed by atoms with Crippen molar-refractivity contribution in [2.45, 2.75) is 12.5 Å². The highest BCUT2D eigenvalue weighted by atomic mass is 35.5. The zero-order valence-corrected chi connectivity index (χ0v) is 16.1. The molecule has 1 aromatic heterocycles. The number of hydrogen-bond acceptors (Lipinski definition) is 5. The molecule has 0 aliphatic carbocycles. The number of benzene rings is 1. The summed E-state index contributed by atoms with van der Waals surface area (Å²) in [5.74, 6) is -0.0714. The van der Waals surface area contributed by atoms with Gasteiger partial charge in [0.15, 0.2) is 0 Å². The molecule has 8 heteroatoms. The van der Waals surface area contributed by atoms with Crippen LogP contribution in [0.3, 0.4) is 0 Å². The standard InChI is InChI=1S/C20H21ClFN3O3/c21-16-11-14(12-23-19(16)28-15-5-10-27-13-15)20(26)25-8-6-24(7-9-25)18-4-2-1-3-17(18)22/h1-4,11-12,15H,5-10,13H2. The van der Waals surface area contributed by atoms with Crippen LogP contribution in [0.1, 0.15) is 16.8 Å². The van der Waals surface area contributed by atoms with E-state index in [0.717, 1.165) is 6.42 Å². The number of anilines is 1. The quantitative estimate of drug-likeness (QED) is 0.782. The number of halogens is 2. The summed E-state index contributed by atoms with van der Waals surface area (Å²) in [6.45, 7) is 3.32. The van der Waals surface area contributed by atoms with E-state index in [4.69, 9.17) is 21.1 Å². The van der Waals surface area contributed by atoms with Gasteiger partial charge in [-0.3, -0.25) is 4.79 Å². The summed E-state index contributed by atoms with van der Waals surface area (Å²) in [5.41, 5.74) is 0.982. The Balaban J connectivity index is 1.38. The van der Waals surface area contributed by atoms with Crippen molar-refractivity contribution in [2.24, 2.45) is 0 Å². The average molecular weight is 406 g/mol. The molecule has 0 N–H and O–H groups in total. The highest BCUT2D eigenvalue weighted by molar-refractivity contribution is 6.32. The van der Waals surface area contributed by atoms with E-state index in [-0.39, 0.29) is 17.8 Å². The number of piperazine rings is 1. The number of carbonyl (C=O) groups excluding carboxylic acids is 1. The first-order chi connectivity index (χ1) is 13.6. The number of nitrogens with zero attached hydrogens (tertiary/aromatic N) is 3. The van der Waals surface area contributed by atoms with Gasteiger partial charge in [0.2, 0.25) is 5.88 Å². The van der Waals surface area contributed by atoms with Gasteiger partial charge in [-0.2, -0.15) is 0 Å². The lowest BCUT2D eigenvalue weighted by molar-refractivity contribution is 0.0746. The number of amides is 1. The Bertz CT molecular complexity index is 852. The lowest BCUT2D eigenvalue weighted by atomic mass is 10.2. The van der Waals surface area contributed by atoms with E-state index >= 15 is 0 Å². The maximum absolute atomic E-state index is 14.0. The van der Waals surface area contributed by atoms with Crippen LogP contribution in [0.15, 0.2) is 36.5 Å². The highest BCUT2D eigenvalue weighted by Gasteiger charge is 2.25. The molecule has 3 heterocycles. The minimum atomic E-state index is -0.249. The Morgan fingerprint density at radius 3 is 2.71 bits per heavy atom. The lowest BCUT2D eigenvalue weighted by Gasteiger charge is -2.36. The molecule has 1 unspecified atom stereocenters. The van der Waals surface area contributed by atoms with Crippen molar-refractivity contribution < 1.29 is 18.7 Å². The van der Waals surface area contributed by atoms with E-state index in [9.17, 15) is 9.18 Å². The predicted molar refractivity (Wildman–Crippen MR) is 104 cm³/mol. The summed E-state index contributed by atoms with van der Waals surface area (Å²) in [7, 11) is 0. The molecule has 0 saturated carbocycles. The maximum atomic E-state index is 14.0. The fraction of sp³-hybridized carbons (Fsp3) is 0.400. The van der Waals surface area contributed by atoms with Gasteiger partial charge in [-0.25, -0.2) is 9.37 Å². The monoisotopic (exact) mass is 405 g/mol.